The van der Waals surface area contributed by atoms with Crippen molar-refractivity contribution in [3.05, 3.63) is 46.6 Å². The van der Waals surface area contributed by atoms with E-state index in [1.165, 1.54) is 13.1 Å². The van der Waals surface area contributed by atoms with Gasteiger partial charge in [0, 0.05) is 17.5 Å². The summed E-state index contributed by atoms with van der Waals surface area (Å²) in [6, 6.07) is 8.60. The molecule has 7 heteroatoms. The fourth-order valence-electron chi connectivity index (χ4n) is 1.73. The Morgan fingerprint density at radius 3 is 2.55 bits per heavy atom. The van der Waals surface area contributed by atoms with Crippen molar-refractivity contribution >= 4 is 40.7 Å². The lowest BCUT2D eigenvalue weighted by Gasteiger charge is -2.07. The number of amides is 2. The predicted octanol–water partition coefficient (Wildman–Crippen LogP) is 3.13. The van der Waals surface area contributed by atoms with Crippen molar-refractivity contribution in [1.29, 1.82) is 0 Å². The summed E-state index contributed by atoms with van der Waals surface area (Å²) in [5.41, 5.74) is 1.95. The van der Waals surface area contributed by atoms with Gasteiger partial charge < -0.3 is 10.6 Å². The molecule has 2 N–H and O–H groups in total. The summed E-state index contributed by atoms with van der Waals surface area (Å²) in [7, 11) is 0. The third-order valence-electron chi connectivity index (χ3n) is 2.75. The first kappa shape index (κ1) is 16.3. The van der Waals surface area contributed by atoms with Crippen molar-refractivity contribution in [2.45, 2.75) is 6.92 Å². The summed E-state index contributed by atoms with van der Waals surface area (Å²) in [5, 5.41) is 6.10. The summed E-state index contributed by atoms with van der Waals surface area (Å²) >= 11 is 12.0. The molecule has 0 atom stereocenters. The molecule has 0 bridgehead atoms. The second-order valence-corrected chi connectivity index (χ2v) is 5.36. The van der Waals surface area contributed by atoms with Gasteiger partial charge in [0.05, 0.1) is 29.1 Å². The first-order chi connectivity index (χ1) is 10.5. The number of hydrogen-bond acceptors (Lipinski definition) is 3. The topological polar surface area (TPSA) is 71.1 Å². The molecule has 0 saturated carbocycles. The fraction of sp³-hybridized carbons (Fsp3) is 0.133. The lowest BCUT2D eigenvalue weighted by Crippen LogP contribution is -2.31. The van der Waals surface area contributed by atoms with Crippen LogP contribution in [0.5, 0.6) is 0 Å². The molecule has 2 amide bonds. The lowest BCUT2D eigenvalue weighted by molar-refractivity contribution is -0.122. The number of hydrogen-bond donors (Lipinski definition) is 2. The van der Waals surface area contributed by atoms with Crippen LogP contribution in [0.3, 0.4) is 0 Å². The third-order valence-corrected chi connectivity index (χ3v) is 3.30. The largest absolute Gasteiger partial charge is 0.347 e. The number of pyridine rings is 1. The molecule has 1 heterocycles. The van der Waals surface area contributed by atoms with E-state index in [9.17, 15) is 9.59 Å². The Kier molecular flexibility index (Phi) is 5.35. The summed E-state index contributed by atoms with van der Waals surface area (Å²) in [5.74, 6) is -0.588. The van der Waals surface area contributed by atoms with Gasteiger partial charge in [-0.15, -0.1) is 0 Å². The van der Waals surface area contributed by atoms with Crippen LogP contribution in [0.15, 0.2) is 36.5 Å². The van der Waals surface area contributed by atoms with E-state index in [1.54, 1.807) is 30.3 Å². The third kappa shape index (κ3) is 4.44. The molecular formula is C15H13Cl2N3O2. The van der Waals surface area contributed by atoms with E-state index < -0.39 is 0 Å². The highest BCUT2D eigenvalue weighted by Gasteiger charge is 2.07. The van der Waals surface area contributed by atoms with Crippen LogP contribution in [0, 0.1) is 0 Å². The Bertz CT molecular complexity index is 702. The van der Waals surface area contributed by atoms with E-state index >= 15 is 0 Å². The average Bonchev–Trinajstić information content (AvgIpc) is 2.46. The molecule has 5 nitrogen and oxygen atoms in total. The normalized spacial score (nSPS) is 10.1. The van der Waals surface area contributed by atoms with Crippen LogP contribution in [-0.4, -0.2) is 23.3 Å². The molecule has 0 radical (unpaired) electrons. The molecule has 2 aromatic rings. The van der Waals surface area contributed by atoms with Gasteiger partial charge in [0.15, 0.2) is 0 Å². The van der Waals surface area contributed by atoms with Gasteiger partial charge in [-0.05, 0) is 30.3 Å². The lowest BCUT2D eigenvalue weighted by atomic mass is 10.1. The van der Waals surface area contributed by atoms with Gasteiger partial charge in [0.1, 0.15) is 0 Å². The Morgan fingerprint density at radius 1 is 1.18 bits per heavy atom. The zero-order valence-electron chi connectivity index (χ0n) is 11.7. The zero-order valence-corrected chi connectivity index (χ0v) is 13.2. The summed E-state index contributed by atoms with van der Waals surface area (Å²) in [4.78, 5) is 26.6. The van der Waals surface area contributed by atoms with E-state index in [2.05, 4.69) is 15.6 Å². The molecular weight excluding hydrogens is 325 g/mol. The summed E-state index contributed by atoms with van der Waals surface area (Å²) in [6.45, 7) is 1.26. The molecule has 1 aromatic heterocycles. The highest BCUT2D eigenvalue weighted by molar-refractivity contribution is 6.36. The number of anilines is 1. The summed E-state index contributed by atoms with van der Waals surface area (Å²) in [6.07, 6.45) is 1.52. The Hall–Kier alpha value is -2.11. The van der Waals surface area contributed by atoms with Crippen LogP contribution in [0.1, 0.15) is 6.92 Å². The number of aromatic nitrogens is 1. The zero-order chi connectivity index (χ0) is 16.1. The number of rotatable bonds is 4. The Morgan fingerprint density at radius 2 is 1.95 bits per heavy atom. The SMILES string of the molecule is CC(=O)NCC(=O)Nc1ccc(-c2ccc(Cl)cc2Cl)nc1. The number of benzene rings is 1. The molecule has 0 aliphatic heterocycles. The van der Waals surface area contributed by atoms with Crippen molar-refractivity contribution in [3.8, 4) is 11.3 Å². The molecule has 0 fully saturated rings. The van der Waals surface area contributed by atoms with Gasteiger partial charge in [0.25, 0.3) is 0 Å². The molecule has 114 valence electrons. The van der Waals surface area contributed by atoms with E-state index in [0.717, 1.165) is 5.56 Å². The molecule has 0 saturated heterocycles. The summed E-state index contributed by atoms with van der Waals surface area (Å²) < 4.78 is 0. The standard InChI is InChI=1S/C15H13Cl2N3O2/c1-9(21)18-8-15(22)20-11-3-5-14(19-7-11)12-4-2-10(16)6-13(12)17/h2-7H,8H2,1H3,(H,18,21)(H,20,22). The first-order valence-corrected chi connectivity index (χ1v) is 7.17. The molecule has 22 heavy (non-hydrogen) atoms. The van der Waals surface area contributed by atoms with Crippen molar-refractivity contribution in [2.75, 3.05) is 11.9 Å². The van der Waals surface area contributed by atoms with Crippen molar-refractivity contribution in [3.63, 3.8) is 0 Å². The van der Waals surface area contributed by atoms with Crippen LogP contribution in [-0.2, 0) is 9.59 Å². The van der Waals surface area contributed by atoms with Gasteiger partial charge in [0.2, 0.25) is 11.8 Å². The molecule has 0 aliphatic carbocycles. The number of carbonyl (C=O) groups is 2. The highest BCUT2D eigenvalue weighted by Crippen LogP contribution is 2.29. The van der Waals surface area contributed by atoms with E-state index in [4.69, 9.17) is 23.2 Å². The fourth-order valence-corrected chi connectivity index (χ4v) is 2.24. The number of nitrogens with one attached hydrogen (secondary N) is 2. The van der Waals surface area contributed by atoms with Gasteiger partial charge in [-0.25, -0.2) is 0 Å². The molecule has 0 unspecified atom stereocenters. The minimum absolute atomic E-state index is 0.0832. The maximum atomic E-state index is 11.6. The van der Waals surface area contributed by atoms with Crippen molar-refractivity contribution in [1.82, 2.24) is 10.3 Å². The van der Waals surface area contributed by atoms with Crippen molar-refractivity contribution in [2.24, 2.45) is 0 Å². The first-order valence-electron chi connectivity index (χ1n) is 6.41. The monoisotopic (exact) mass is 337 g/mol. The van der Waals surface area contributed by atoms with Gasteiger partial charge >= 0.3 is 0 Å². The number of halogens is 2. The molecule has 2 rings (SSSR count). The van der Waals surface area contributed by atoms with E-state index in [1.807, 2.05) is 0 Å². The molecule has 1 aromatic carbocycles. The maximum Gasteiger partial charge on any atom is 0.243 e. The van der Waals surface area contributed by atoms with Crippen LogP contribution in [0.4, 0.5) is 5.69 Å². The van der Waals surface area contributed by atoms with Gasteiger partial charge in [-0.2, -0.15) is 0 Å². The van der Waals surface area contributed by atoms with Gasteiger partial charge in [-0.1, -0.05) is 23.2 Å². The number of nitrogens with zero attached hydrogens (tertiary/aromatic N) is 1. The van der Waals surface area contributed by atoms with Crippen LogP contribution in [0.25, 0.3) is 11.3 Å². The quantitative estimate of drug-likeness (QED) is 0.900. The smallest absolute Gasteiger partial charge is 0.243 e. The molecule has 0 aliphatic rings. The minimum Gasteiger partial charge on any atom is -0.347 e. The van der Waals surface area contributed by atoms with Crippen LogP contribution >= 0.6 is 23.2 Å². The minimum atomic E-state index is -0.325. The van der Waals surface area contributed by atoms with Crippen molar-refractivity contribution < 1.29 is 9.59 Å². The maximum absolute atomic E-state index is 11.6. The second kappa shape index (κ2) is 7.24. The number of carbonyl (C=O) groups excluding carboxylic acids is 2. The van der Waals surface area contributed by atoms with E-state index in [0.29, 0.717) is 21.4 Å². The average molecular weight is 338 g/mol. The highest BCUT2D eigenvalue weighted by atomic mass is 35.5. The van der Waals surface area contributed by atoms with Gasteiger partial charge in [-0.3, -0.25) is 14.6 Å². The predicted molar refractivity (Wildman–Crippen MR) is 87.0 cm³/mol. The Balaban J connectivity index is 2.07. The Labute approximate surface area is 137 Å². The van der Waals surface area contributed by atoms with Crippen LogP contribution < -0.4 is 10.6 Å². The van der Waals surface area contributed by atoms with Crippen LogP contribution in [0.2, 0.25) is 10.0 Å². The van der Waals surface area contributed by atoms with E-state index in [-0.39, 0.29) is 18.4 Å². The molecule has 0 spiro atoms. The second-order valence-electron chi connectivity index (χ2n) is 4.51.